The third kappa shape index (κ3) is 44.0. The molecule has 0 aromatic heterocycles. The lowest BCUT2D eigenvalue weighted by atomic mass is 10.0. The molecule has 0 aliphatic rings. The van der Waals surface area contributed by atoms with Crippen molar-refractivity contribution in [1.29, 1.82) is 0 Å². The molecule has 1 nitrogen and oxygen atoms in total. The van der Waals surface area contributed by atoms with Crippen LogP contribution in [0.2, 0.25) is 0 Å². The van der Waals surface area contributed by atoms with Gasteiger partial charge in [0.05, 0.1) is 0 Å². The second-order valence-corrected chi connectivity index (χ2v) is 15.5. The minimum absolute atomic E-state index is 1.25. The molecule has 0 rings (SSSR count). The summed E-state index contributed by atoms with van der Waals surface area (Å²) in [4.78, 5) is 0. The van der Waals surface area contributed by atoms with Crippen molar-refractivity contribution in [3.8, 4) is 0 Å². The summed E-state index contributed by atoms with van der Waals surface area (Å²) < 4.78 is 0. The van der Waals surface area contributed by atoms with Crippen molar-refractivity contribution in [3.63, 3.8) is 0 Å². The van der Waals surface area contributed by atoms with E-state index in [0.29, 0.717) is 0 Å². The molecule has 0 aromatic carbocycles. The van der Waals surface area contributed by atoms with Crippen LogP contribution in [-0.4, -0.2) is 13.1 Å². The van der Waals surface area contributed by atoms with Gasteiger partial charge in [0.1, 0.15) is 0 Å². The third-order valence-electron chi connectivity index (χ3n) is 10.7. The summed E-state index contributed by atoms with van der Waals surface area (Å²) in [5, 5.41) is 3.70. The number of unbranched alkanes of at least 4 members (excludes halogenated alkanes) is 39. The highest BCUT2D eigenvalue weighted by atomic mass is 14.8. The number of nitrogens with one attached hydrogen (secondary N) is 1. The third-order valence-corrected chi connectivity index (χ3v) is 10.7. The van der Waals surface area contributed by atoms with Crippen LogP contribution in [0.3, 0.4) is 0 Å². The van der Waals surface area contributed by atoms with Crippen molar-refractivity contribution in [2.45, 2.75) is 277 Å². The lowest BCUT2D eigenvalue weighted by molar-refractivity contribution is 0.512. The molecule has 1 N–H and O–H groups in total. The van der Waals surface area contributed by atoms with Gasteiger partial charge in [0.25, 0.3) is 0 Å². The van der Waals surface area contributed by atoms with Gasteiger partial charge in [0.2, 0.25) is 0 Å². The van der Waals surface area contributed by atoms with Crippen molar-refractivity contribution in [2.24, 2.45) is 0 Å². The van der Waals surface area contributed by atoms with Gasteiger partial charge in [0.15, 0.2) is 0 Å². The molecule has 0 aliphatic heterocycles. The molecule has 278 valence electrons. The molecule has 46 heavy (non-hydrogen) atoms. The Labute approximate surface area is 294 Å². The standard InChI is InChI=1S/C45H93N/c1-3-5-7-9-11-13-15-17-19-21-23-24-25-26-27-29-31-33-35-37-39-41-43-45-46-44-42-40-38-36-34-32-30-28-22-20-18-16-14-12-10-8-6-4-2/h46H,3-45H2,1-2H3. The maximum atomic E-state index is 3.70. The van der Waals surface area contributed by atoms with E-state index in [1.807, 2.05) is 0 Å². The summed E-state index contributed by atoms with van der Waals surface area (Å²) in [6, 6.07) is 0. The molecule has 0 radical (unpaired) electrons. The Hall–Kier alpha value is -0.0400. The van der Waals surface area contributed by atoms with E-state index in [-0.39, 0.29) is 0 Å². The van der Waals surface area contributed by atoms with Crippen LogP contribution in [-0.2, 0) is 0 Å². The molecule has 0 unspecified atom stereocenters. The summed E-state index contributed by atoms with van der Waals surface area (Å²) in [5.74, 6) is 0. The Kier molecular flexibility index (Phi) is 44.9. The maximum Gasteiger partial charge on any atom is -0.00489 e. The van der Waals surface area contributed by atoms with Crippen LogP contribution in [0.1, 0.15) is 277 Å². The van der Waals surface area contributed by atoms with E-state index >= 15 is 0 Å². The Bertz CT molecular complexity index is 443. The van der Waals surface area contributed by atoms with Crippen molar-refractivity contribution >= 4 is 0 Å². The zero-order chi connectivity index (χ0) is 33.1. The summed E-state index contributed by atoms with van der Waals surface area (Å²) in [5.41, 5.74) is 0. The van der Waals surface area contributed by atoms with Crippen LogP contribution in [0.25, 0.3) is 0 Å². The van der Waals surface area contributed by atoms with Gasteiger partial charge in [-0.15, -0.1) is 0 Å². The quantitative estimate of drug-likeness (QED) is 0.0649. The van der Waals surface area contributed by atoms with E-state index in [1.165, 1.54) is 276 Å². The molecular formula is C45H93N. The summed E-state index contributed by atoms with van der Waals surface area (Å²) >= 11 is 0. The number of rotatable bonds is 43. The first kappa shape index (κ1) is 46.0. The molecule has 0 aliphatic carbocycles. The molecule has 1 heteroatoms. The molecule has 0 spiro atoms. The summed E-state index contributed by atoms with van der Waals surface area (Å²) in [6.45, 7) is 7.12. The summed E-state index contributed by atoms with van der Waals surface area (Å²) in [6.07, 6.45) is 60.2. The molecule has 0 heterocycles. The van der Waals surface area contributed by atoms with Crippen molar-refractivity contribution < 1.29 is 0 Å². The lowest BCUT2D eigenvalue weighted by Crippen LogP contribution is -2.16. The van der Waals surface area contributed by atoms with E-state index in [4.69, 9.17) is 0 Å². The normalized spacial score (nSPS) is 11.6. The molecule has 0 atom stereocenters. The molecule has 0 fully saturated rings. The fourth-order valence-electron chi connectivity index (χ4n) is 7.31. The zero-order valence-electron chi connectivity index (χ0n) is 32.9. The van der Waals surface area contributed by atoms with Crippen LogP contribution in [0, 0.1) is 0 Å². The first-order valence-electron chi connectivity index (χ1n) is 22.6. The van der Waals surface area contributed by atoms with Crippen molar-refractivity contribution in [2.75, 3.05) is 13.1 Å². The van der Waals surface area contributed by atoms with Crippen LogP contribution < -0.4 is 5.32 Å². The van der Waals surface area contributed by atoms with Crippen LogP contribution in [0.15, 0.2) is 0 Å². The molecule has 0 saturated carbocycles. The first-order chi connectivity index (χ1) is 22.9. The van der Waals surface area contributed by atoms with E-state index in [2.05, 4.69) is 19.2 Å². The monoisotopic (exact) mass is 648 g/mol. The molecule has 0 saturated heterocycles. The number of hydrogen-bond donors (Lipinski definition) is 1. The molecular weight excluding hydrogens is 555 g/mol. The molecule has 0 bridgehead atoms. The fraction of sp³-hybridized carbons (Fsp3) is 1.00. The topological polar surface area (TPSA) is 12.0 Å². The van der Waals surface area contributed by atoms with Gasteiger partial charge in [0, 0.05) is 0 Å². The molecule has 0 amide bonds. The Morgan fingerprint density at radius 2 is 0.304 bits per heavy atom. The van der Waals surface area contributed by atoms with Crippen molar-refractivity contribution in [3.05, 3.63) is 0 Å². The van der Waals surface area contributed by atoms with Crippen LogP contribution >= 0.6 is 0 Å². The Balaban J connectivity index is 3.03. The Morgan fingerprint density at radius 1 is 0.174 bits per heavy atom. The highest BCUT2D eigenvalue weighted by Crippen LogP contribution is 2.16. The van der Waals surface area contributed by atoms with Gasteiger partial charge in [-0.3, -0.25) is 0 Å². The summed E-state index contributed by atoms with van der Waals surface area (Å²) in [7, 11) is 0. The van der Waals surface area contributed by atoms with Crippen molar-refractivity contribution in [1.82, 2.24) is 5.32 Å². The second-order valence-electron chi connectivity index (χ2n) is 15.5. The van der Waals surface area contributed by atoms with Crippen LogP contribution in [0.5, 0.6) is 0 Å². The number of hydrogen-bond acceptors (Lipinski definition) is 1. The van der Waals surface area contributed by atoms with Gasteiger partial charge in [-0.1, -0.05) is 264 Å². The van der Waals surface area contributed by atoms with E-state index in [0.717, 1.165) is 0 Å². The van der Waals surface area contributed by atoms with Gasteiger partial charge >= 0.3 is 0 Å². The molecule has 0 aromatic rings. The SMILES string of the molecule is CCCCCCCCCCCCCCCCCCCCCCCCCNCCCCCCCCCCCCCCCCCCCC. The van der Waals surface area contributed by atoms with E-state index < -0.39 is 0 Å². The van der Waals surface area contributed by atoms with Gasteiger partial charge in [-0.2, -0.15) is 0 Å². The van der Waals surface area contributed by atoms with Gasteiger partial charge in [-0.05, 0) is 25.9 Å². The predicted molar refractivity (Wildman–Crippen MR) is 214 cm³/mol. The van der Waals surface area contributed by atoms with Gasteiger partial charge < -0.3 is 5.32 Å². The fourth-order valence-corrected chi connectivity index (χ4v) is 7.31. The minimum Gasteiger partial charge on any atom is -0.317 e. The zero-order valence-corrected chi connectivity index (χ0v) is 32.9. The van der Waals surface area contributed by atoms with E-state index in [9.17, 15) is 0 Å². The average Bonchev–Trinajstić information content (AvgIpc) is 3.07. The Morgan fingerprint density at radius 3 is 0.457 bits per heavy atom. The van der Waals surface area contributed by atoms with Crippen LogP contribution in [0.4, 0.5) is 0 Å². The second kappa shape index (κ2) is 45.0. The smallest absolute Gasteiger partial charge is 0.00489 e. The van der Waals surface area contributed by atoms with E-state index in [1.54, 1.807) is 0 Å². The lowest BCUT2D eigenvalue weighted by Gasteiger charge is -2.06. The highest BCUT2D eigenvalue weighted by molar-refractivity contribution is 4.55. The highest BCUT2D eigenvalue weighted by Gasteiger charge is 1.98. The first-order valence-corrected chi connectivity index (χ1v) is 22.6. The largest absolute Gasteiger partial charge is 0.317 e. The average molecular weight is 648 g/mol. The predicted octanol–water partition coefficient (Wildman–Crippen LogP) is 16.6. The minimum atomic E-state index is 1.25. The maximum absolute atomic E-state index is 3.70. The van der Waals surface area contributed by atoms with Gasteiger partial charge in [-0.25, -0.2) is 0 Å².